The molecule has 2 aromatic rings. The van der Waals surface area contributed by atoms with Crippen LogP contribution >= 0.6 is 0 Å². The van der Waals surface area contributed by atoms with Gasteiger partial charge in [-0.05, 0) is 37.3 Å². The van der Waals surface area contributed by atoms with E-state index in [-0.39, 0.29) is 5.91 Å². The topological polar surface area (TPSA) is 52.9 Å². The standard InChI is InChI=1S/C15H12N2O/c1-11-4-2-6-13(8-11)15(18)17-14-7-3-5-12(9-14)10-16/h2-9H,1H3,(H,17,18). The fraction of sp³-hybridized carbons (Fsp3) is 0.0667. The molecule has 0 bridgehead atoms. The number of nitriles is 1. The van der Waals surface area contributed by atoms with Gasteiger partial charge in [-0.3, -0.25) is 4.79 Å². The van der Waals surface area contributed by atoms with Crippen LogP contribution in [-0.2, 0) is 0 Å². The number of carbonyl (C=O) groups excluding carboxylic acids is 1. The van der Waals surface area contributed by atoms with Crippen molar-refractivity contribution in [1.82, 2.24) is 0 Å². The predicted octanol–water partition coefficient (Wildman–Crippen LogP) is 3.12. The first-order chi connectivity index (χ1) is 8.69. The number of nitrogens with one attached hydrogen (secondary N) is 1. The molecule has 0 heterocycles. The molecule has 3 nitrogen and oxygen atoms in total. The van der Waals surface area contributed by atoms with E-state index in [0.717, 1.165) is 5.56 Å². The van der Waals surface area contributed by atoms with Gasteiger partial charge < -0.3 is 5.32 Å². The molecule has 2 aromatic carbocycles. The van der Waals surface area contributed by atoms with Gasteiger partial charge in [0.05, 0.1) is 11.6 Å². The number of rotatable bonds is 2. The SMILES string of the molecule is Cc1cccc(C(=O)Nc2cccc(C#N)c2)c1. The highest BCUT2D eigenvalue weighted by atomic mass is 16.1. The van der Waals surface area contributed by atoms with Gasteiger partial charge >= 0.3 is 0 Å². The molecule has 3 heteroatoms. The van der Waals surface area contributed by atoms with Crippen molar-refractivity contribution in [2.24, 2.45) is 0 Å². The fourth-order valence-electron chi connectivity index (χ4n) is 1.66. The zero-order valence-corrected chi connectivity index (χ0v) is 9.97. The molecular weight excluding hydrogens is 224 g/mol. The lowest BCUT2D eigenvalue weighted by molar-refractivity contribution is 0.102. The van der Waals surface area contributed by atoms with Crippen LogP contribution in [-0.4, -0.2) is 5.91 Å². The molecule has 1 amide bonds. The first-order valence-corrected chi connectivity index (χ1v) is 5.57. The third-order valence-corrected chi connectivity index (χ3v) is 2.53. The Labute approximate surface area is 106 Å². The van der Waals surface area contributed by atoms with Crippen LogP contribution in [0.4, 0.5) is 5.69 Å². The molecule has 1 N–H and O–H groups in total. The van der Waals surface area contributed by atoms with Crippen LogP contribution in [0.5, 0.6) is 0 Å². The van der Waals surface area contributed by atoms with Crippen LogP contribution < -0.4 is 5.32 Å². The summed E-state index contributed by atoms with van der Waals surface area (Å²) in [6, 6.07) is 16.2. The van der Waals surface area contributed by atoms with Crippen molar-refractivity contribution in [3.8, 4) is 6.07 Å². The molecule has 88 valence electrons. The quantitative estimate of drug-likeness (QED) is 0.870. The van der Waals surface area contributed by atoms with E-state index in [4.69, 9.17) is 5.26 Å². The highest BCUT2D eigenvalue weighted by Crippen LogP contribution is 2.12. The number of aryl methyl sites for hydroxylation is 1. The summed E-state index contributed by atoms with van der Waals surface area (Å²) < 4.78 is 0. The largest absolute Gasteiger partial charge is 0.322 e. The molecule has 0 unspecified atom stereocenters. The minimum Gasteiger partial charge on any atom is -0.322 e. The van der Waals surface area contributed by atoms with E-state index in [2.05, 4.69) is 5.32 Å². The normalized spacial score (nSPS) is 9.56. The Balaban J connectivity index is 2.19. The summed E-state index contributed by atoms with van der Waals surface area (Å²) >= 11 is 0. The molecular formula is C15H12N2O. The van der Waals surface area contributed by atoms with E-state index in [0.29, 0.717) is 16.8 Å². The predicted molar refractivity (Wildman–Crippen MR) is 70.3 cm³/mol. The highest BCUT2D eigenvalue weighted by Gasteiger charge is 2.06. The second-order valence-electron chi connectivity index (χ2n) is 4.02. The Morgan fingerprint density at radius 2 is 1.94 bits per heavy atom. The van der Waals surface area contributed by atoms with Gasteiger partial charge in [-0.2, -0.15) is 5.26 Å². The van der Waals surface area contributed by atoms with E-state index in [1.54, 1.807) is 30.3 Å². The lowest BCUT2D eigenvalue weighted by Crippen LogP contribution is -2.11. The Kier molecular flexibility index (Phi) is 3.40. The summed E-state index contributed by atoms with van der Waals surface area (Å²) in [6.07, 6.45) is 0. The maximum absolute atomic E-state index is 12.0. The molecule has 0 fully saturated rings. The van der Waals surface area contributed by atoms with E-state index < -0.39 is 0 Å². The Morgan fingerprint density at radius 1 is 1.17 bits per heavy atom. The van der Waals surface area contributed by atoms with Gasteiger partial charge in [-0.15, -0.1) is 0 Å². The Morgan fingerprint density at radius 3 is 2.67 bits per heavy atom. The second kappa shape index (κ2) is 5.15. The average Bonchev–Trinajstić information content (AvgIpc) is 2.39. The first-order valence-electron chi connectivity index (χ1n) is 5.57. The van der Waals surface area contributed by atoms with Crippen LogP contribution in [0.1, 0.15) is 21.5 Å². The van der Waals surface area contributed by atoms with Gasteiger partial charge in [0, 0.05) is 11.3 Å². The third-order valence-electron chi connectivity index (χ3n) is 2.53. The van der Waals surface area contributed by atoms with Crippen molar-refractivity contribution >= 4 is 11.6 Å². The van der Waals surface area contributed by atoms with Gasteiger partial charge in [0.1, 0.15) is 0 Å². The van der Waals surface area contributed by atoms with E-state index in [9.17, 15) is 4.79 Å². The van der Waals surface area contributed by atoms with E-state index in [1.165, 1.54) is 0 Å². The van der Waals surface area contributed by atoms with Gasteiger partial charge in [0.25, 0.3) is 5.91 Å². The molecule has 0 saturated carbocycles. The molecule has 0 aliphatic rings. The molecule has 0 aromatic heterocycles. The number of hydrogen-bond acceptors (Lipinski definition) is 2. The minimum atomic E-state index is -0.172. The summed E-state index contributed by atoms with van der Waals surface area (Å²) in [5.74, 6) is -0.172. The Bertz CT molecular complexity index is 626. The zero-order valence-electron chi connectivity index (χ0n) is 9.97. The highest BCUT2D eigenvalue weighted by molar-refractivity contribution is 6.04. The molecule has 0 radical (unpaired) electrons. The van der Waals surface area contributed by atoms with Crippen molar-refractivity contribution < 1.29 is 4.79 Å². The number of amides is 1. The maximum Gasteiger partial charge on any atom is 0.255 e. The first kappa shape index (κ1) is 11.9. The number of nitrogens with zero attached hydrogens (tertiary/aromatic N) is 1. The number of anilines is 1. The van der Waals surface area contributed by atoms with Crippen LogP contribution in [0.3, 0.4) is 0 Å². The van der Waals surface area contributed by atoms with Gasteiger partial charge in [-0.1, -0.05) is 23.8 Å². The maximum atomic E-state index is 12.0. The monoisotopic (exact) mass is 236 g/mol. The van der Waals surface area contributed by atoms with Gasteiger partial charge in [-0.25, -0.2) is 0 Å². The van der Waals surface area contributed by atoms with Crippen molar-refractivity contribution in [1.29, 1.82) is 5.26 Å². The van der Waals surface area contributed by atoms with Crippen LogP contribution in [0.25, 0.3) is 0 Å². The fourth-order valence-corrected chi connectivity index (χ4v) is 1.66. The van der Waals surface area contributed by atoms with E-state index >= 15 is 0 Å². The summed E-state index contributed by atoms with van der Waals surface area (Å²) in [5, 5.41) is 11.6. The zero-order chi connectivity index (χ0) is 13.0. The summed E-state index contributed by atoms with van der Waals surface area (Å²) in [5.41, 5.74) is 2.79. The van der Waals surface area contributed by atoms with Crippen molar-refractivity contribution in [3.05, 3.63) is 65.2 Å². The number of carbonyl (C=O) groups is 1. The minimum absolute atomic E-state index is 0.172. The molecule has 0 aliphatic heterocycles. The van der Waals surface area contributed by atoms with Gasteiger partial charge in [0.2, 0.25) is 0 Å². The summed E-state index contributed by atoms with van der Waals surface area (Å²) in [7, 11) is 0. The Hall–Kier alpha value is -2.60. The molecule has 0 atom stereocenters. The number of benzene rings is 2. The third kappa shape index (κ3) is 2.74. The summed E-state index contributed by atoms with van der Waals surface area (Å²) in [4.78, 5) is 12.0. The van der Waals surface area contributed by atoms with Crippen LogP contribution in [0.15, 0.2) is 48.5 Å². The van der Waals surface area contributed by atoms with Gasteiger partial charge in [0.15, 0.2) is 0 Å². The van der Waals surface area contributed by atoms with Crippen molar-refractivity contribution in [2.45, 2.75) is 6.92 Å². The lowest BCUT2D eigenvalue weighted by Gasteiger charge is -2.06. The molecule has 0 aliphatic carbocycles. The van der Waals surface area contributed by atoms with Crippen LogP contribution in [0.2, 0.25) is 0 Å². The molecule has 0 saturated heterocycles. The molecule has 18 heavy (non-hydrogen) atoms. The smallest absolute Gasteiger partial charge is 0.255 e. The van der Waals surface area contributed by atoms with Crippen molar-refractivity contribution in [3.63, 3.8) is 0 Å². The molecule has 2 rings (SSSR count). The second-order valence-corrected chi connectivity index (χ2v) is 4.02. The average molecular weight is 236 g/mol. The molecule has 0 spiro atoms. The number of hydrogen-bond donors (Lipinski definition) is 1. The van der Waals surface area contributed by atoms with Crippen molar-refractivity contribution in [2.75, 3.05) is 5.32 Å². The van der Waals surface area contributed by atoms with Crippen LogP contribution in [0, 0.1) is 18.3 Å². The van der Waals surface area contributed by atoms with E-state index in [1.807, 2.05) is 31.2 Å². The lowest BCUT2D eigenvalue weighted by atomic mass is 10.1. The summed E-state index contributed by atoms with van der Waals surface area (Å²) in [6.45, 7) is 1.94.